The molecule has 0 aromatic heterocycles. The van der Waals surface area contributed by atoms with Crippen molar-refractivity contribution in [3.8, 4) is 0 Å². The molecule has 2 heteroatoms. The normalized spacial score (nSPS) is 28.1. The lowest BCUT2D eigenvalue weighted by molar-refractivity contribution is 0.276. The summed E-state index contributed by atoms with van der Waals surface area (Å²) in [4.78, 5) is 0. The summed E-state index contributed by atoms with van der Waals surface area (Å²) in [6, 6.07) is 9.10. The largest absolute Gasteiger partial charge is 0.396 e. The molecular formula is C16H25NO. The van der Waals surface area contributed by atoms with Crippen molar-refractivity contribution in [1.82, 2.24) is 0 Å². The van der Waals surface area contributed by atoms with Crippen LogP contribution in [0.15, 0.2) is 24.3 Å². The van der Waals surface area contributed by atoms with E-state index in [-0.39, 0.29) is 6.61 Å². The van der Waals surface area contributed by atoms with Gasteiger partial charge < -0.3 is 10.4 Å². The molecule has 18 heavy (non-hydrogen) atoms. The molecular weight excluding hydrogens is 222 g/mol. The summed E-state index contributed by atoms with van der Waals surface area (Å²) in [5.41, 5.74) is 2.41. The van der Waals surface area contributed by atoms with Crippen LogP contribution in [0, 0.1) is 11.8 Å². The molecule has 2 N–H and O–H groups in total. The Balaban J connectivity index is 1.92. The molecule has 0 bridgehead atoms. The fourth-order valence-electron chi connectivity index (χ4n) is 2.99. The molecule has 0 radical (unpaired) electrons. The van der Waals surface area contributed by atoms with E-state index in [9.17, 15) is 0 Å². The third kappa shape index (κ3) is 3.49. The standard InChI is InChI=1S/C16H25NO/c1-12-3-8-16(13(2)11-12)17-15-6-4-14(5-7-15)9-10-18/h4-7,12-13,16-18H,3,8-11H2,1-2H3. The zero-order chi connectivity index (χ0) is 13.0. The summed E-state index contributed by atoms with van der Waals surface area (Å²) in [6.07, 6.45) is 4.70. The highest BCUT2D eigenvalue weighted by Gasteiger charge is 2.24. The van der Waals surface area contributed by atoms with Gasteiger partial charge in [-0.1, -0.05) is 26.0 Å². The van der Waals surface area contributed by atoms with Crippen molar-refractivity contribution in [2.45, 2.75) is 45.6 Å². The highest BCUT2D eigenvalue weighted by Crippen LogP contribution is 2.30. The van der Waals surface area contributed by atoms with Gasteiger partial charge in [0, 0.05) is 18.3 Å². The molecule has 0 heterocycles. The van der Waals surface area contributed by atoms with Crippen molar-refractivity contribution < 1.29 is 5.11 Å². The quantitative estimate of drug-likeness (QED) is 0.854. The Hall–Kier alpha value is -1.02. The summed E-state index contributed by atoms with van der Waals surface area (Å²) in [5.74, 6) is 1.64. The Labute approximate surface area is 110 Å². The van der Waals surface area contributed by atoms with Gasteiger partial charge in [0.15, 0.2) is 0 Å². The Kier molecular flexibility index (Phi) is 4.65. The third-order valence-corrected chi connectivity index (χ3v) is 4.14. The van der Waals surface area contributed by atoms with Gasteiger partial charge in [0.25, 0.3) is 0 Å². The molecule has 1 aromatic rings. The first kappa shape index (κ1) is 13.4. The van der Waals surface area contributed by atoms with Gasteiger partial charge in [-0.05, 0) is 55.2 Å². The number of rotatable bonds is 4. The number of nitrogens with one attached hydrogen (secondary N) is 1. The van der Waals surface area contributed by atoms with E-state index in [0.29, 0.717) is 6.04 Å². The van der Waals surface area contributed by atoms with E-state index < -0.39 is 0 Å². The van der Waals surface area contributed by atoms with Crippen molar-refractivity contribution in [1.29, 1.82) is 0 Å². The minimum atomic E-state index is 0.227. The summed E-state index contributed by atoms with van der Waals surface area (Å²) < 4.78 is 0. The fraction of sp³-hybridized carbons (Fsp3) is 0.625. The lowest BCUT2D eigenvalue weighted by Crippen LogP contribution is -2.32. The summed E-state index contributed by atoms with van der Waals surface area (Å²) in [7, 11) is 0. The van der Waals surface area contributed by atoms with Crippen LogP contribution in [0.4, 0.5) is 5.69 Å². The van der Waals surface area contributed by atoms with E-state index in [0.717, 1.165) is 18.3 Å². The van der Waals surface area contributed by atoms with Crippen LogP contribution in [0.2, 0.25) is 0 Å². The molecule has 3 unspecified atom stereocenters. The van der Waals surface area contributed by atoms with Crippen LogP contribution in [0.1, 0.15) is 38.7 Å². The Morgan fingerprint density at radius 3 is 2.50 bits per heavy atom. The highest BCUT2D eigenvalue weighted by molar-refractivity contribution is 5.45. The molecule has 2 nitrogen and oxygen atoms in total. The first-order valence-electron chi connectivity index (χ1n) is 7.15. The second-order valence-corrected chi connectivity index (χ2v) is 5.82. The van der Waals surface area contributed by atoms with Crippen LogP contribution in [0.25, 0.3) is 0 Å². The van der Waals surface area contributed by atoms with Crippen molar-refractivity contribution in [3.05, 3.63) is 29.8 Å². The average molecular weight is 247 g/mol. The number of hydrogen-bond acceptors (Lipinski definition) is 2. The van der Waals surface area contributed by atoms with E-state index in [2.05, 4.69) is 43.4 Å². The molecule has 1 saturated carbocycles. The van der Waals surface area contributed by atoms with Gasteiger partial charge >= 0.3 is 0 Å². The molecule has 0 saturated heterocycles. The monoisotopic (exact) mass is 247 g/mol. The number of aliphatic hydroxyl groups excluding tert-OH is 1. The van der Waals surface area contributed by atoms with Gasteiger partial charge in [0.1, 0.15) is 0 Å². The lowest BCUT2D eigenvalue weighted by atomic mass is 9.80. The highest BCUT2D eigenvalue weighted by atomic mass is 16.2. The fourth-order valence-corrected chi connectivity index (χ4v) is 2.99. The number of aliphatic hydroxyl groups is 1. The molecule has 0 aliphatic heterocycles. The number of benzene rings is 1. The molecule has 2 rings (SSSR count). The molecule has 0 spiro atoms. The lowest BCUT2D eigenvalue weighted by Gasteiger charge is -2.33. The number of hydrogen-bond donors (Lipinski definition) is 2. The van der Waals surface area contributed by atoms with Gasteiger partial charge in [-0.15, -0.1) is 0 Å². The minimum Gasteiger partial charge on any atom is -0.396 e. The van der Waals surface area contributed by atoms with Crippen LogP contribution < -0.4 is 5.32 Å². The Morgan fingerprint density at radius 2 is 1.89 bits per heavy atom. The van der Waals surface area contributed by atoms with E-state index in [4.69, 9.17) is 5.11 Å². The van der Waals surface area contributed by atoms with Crippen LogP contribution in [-0.2, 0) is 6.42 Å². The molecule has 100 valence electrons. The predicted molar refractivity (Wildman–Crippen MR) is 76.8 cm³/mol. The van der Waals surface area contributed by atoms with Gasteiger partial charge in [-0.2, -0.15) is 0 Å². The zero-order valence-electron chi connectivity index (χ0n) is 11.5. The third-order valence-electron chi connectivity index (χ3n) is 4.14. The molecule has 1 aliphatic rings. The maximum Gasteiger partial charge on any atom is 0.0471 e. The first-order valence-corrected chi connectivity index (χ1v) is 7.15. The zero-order valence-corrected chi connectivity index (χ0v) is 11.5. The molecule has 0 amide bonds. The second kappa shape index (κ2) is 6.24. The van der Waals surface area contributed by atoms with Gasteiger partial charge in [0.2, 0.25) is 0 Å². The average Bonchev–Trinajstić information content (AvgIpc) is 2.35. The van der Waals surface area contributed by atoms with Gasteiger partial charge in [0.05, 0.1) is 0 Å². The van der Waals surface area contributed by atoms with Crippen molar-refractivity contribution in [3.63, 3.8) is 0 Å². The SMILES string of the molecule is CC1CCC(Nc2ccc(CCO)cc2)C(C)C1. The Morgan fingerprint density at radius 1 is 1.17 bits per heavy atom. The van der Waals surface area contributed by atoms with Crippen molar-refractivity contribution >= 4 is 5.69 Å². The van der Waals surface area contributed by atoms with E-state index in [1.807, 2.05) is 0 Å². The smallest absolute Gasteiger partial charge is 0.0471 e. The molecule has 1 fully saturated rings. The first-order chi connectivity index (χ1) is 8.69. The molecule has 1 aliphatic carbocycles. The van der Waals surface area contributed by atoms with Crippen LogP contribution in [-0.4, -0.2) is 17.8 Å². The Bertz CT molecular complexity index is 360. The van der Waals surface area contributed by atoms with Crippen molar-refractivity contribution in [2.24, 2.45) is 11.8 Å². The second-order valence-electron chi connectivity index (χ2n) is 5.82. The van der Waals surface area contributed by atoms with E-state index in [1.165, 1.54) is 30.5 Å². The maximum atomic E-state index is 8.89. The molecule has 3 atom stereocenters. The maximum absolute atomic E-state index is 8.89. The summed E-state index contributed by atoms with van der Waals surface area (Å²) >= 11 is 0. The van der Waals surface area contributed by atoms with Crippen LogP contribution >= 0.6 is 0 Å². The van der Waals surface area contributed by atoms with E-state index in [1.54, 1.807) is 0 Å². The minimum absolute atomic E-state index is 0.227. The van der Waals surface area contributed by atoms with Crippen LogP contribution in [0.3, 0.4) is 0 Å². The van der Waals surface area contributed by atoms with Crippen molar-refractivity contribution in [2.75, 3.05) is 11.9 Å². The van der Waals surface area contributed by atoms with Gasteiger partial charge in [-0.25, -0.2) is 0 Å². The topological polar surface area (TPSA) is 32.3 Å². The van der Waals surface area contributed by atoms with E-state index >= 15 is 0 Å². The number of anilines is 1. The molecule has 1 aromatic carbocycles. The summed E-state index contributed by atoms with van der Waals surface area (Å²) in [6.45, 7) is 4.94. The predicted octanol–water partition coefficient (Wildman–Crippen LogP) is 3.46. The van der Waals surface area contributed by atoms with Crippen LogP contribution in [0.5, 0.6) is 0 Å². The van der Waals surface area contributed by atoms with Gasteiger partial charge in [-0.3, -0.25) is 0 Å². The summed E-state index contributed by atoms with van der Waals surface area (Å²) in [5, 5.41) is 12.6.